The molecule has 0 spiro atoms. The van der Waals surface area contributed by atoms with Gasteiger partial charge in [-0.15, -0.1) is 0 Å². The molecule has 5 nitrogen and oxygen atoms in total. The van der Waals surface area contributed by atoms with Crippen LogP contribution < -0.4 is 5.32 Å². The molecule has 0 unspecified atom stereocenters. The van der Waals surface area contributed by atoms with Crippen molar-refractivity contribution < 1.29 is 9.53 Å². The number of fused-ring (bicyclic) bond motifs is 4. The number of nitrogens with zero attached hydrogens (tertiary/aromatic N) is 2. The maximum absolute atomic E-state index is 13.5. The van der Waals surface area contributed by atoms with Crippen LogP contribution in [0, 0.1) is 5.92 Å². The first-order valence-electron chi connectivity index (χ1n) is 11.6. The van der Waals surface area contributed by atoms with Gasteiger partial charge in [-0.25, -0.2) is 4.79 Å². The maximum Gasteiger partial charge on any atom is 0.320 e. The Kier molecular flexibility index (Phi) is 5.49. The van der Waals surface area contributed by atoms with Gasteiger partial charge < -0.3 is 15.0 Å². The Balaban J connectivity index is 1.37. The van der Waals surface area contributed by atoms with Crippen LogP contribution in [-0.4, -0.2) is 48.6 Å². The van der Waals surface area contributed by atoms with Gasteiger partial charge in [0.2, 0.25) is 0 Å². The molecule has 5 rings (SSSR count). The molecule has 3 aliphatic rings. The number of likely N-dealkylation sites (tertiary alicyclic amines) is 1. The first-order valence-corrected chi connectivity index (χ1v) is 11.6. The number of carbonyl (C=O) groups excluding carboxylic acids is 1. The molecule has 2 aromatic rings. The van der Waals surface area contributed by atoms with Crippen LogP contribution in [0.2, 0.25) is 0 Å². The number of benzene rings is 2. The van der Waals surface area contributed by atoms with E-state index in [4.69, 9.17) is 4.74 Å². The predicted octanol–water partition coefficient (Wildman–Crippen LogP) is 4.30. The minimum atomic E-state index is -0.844. The molecule has 1 N–H and O–H groups in total. The number of hydrogen-bond acceptors (Lipinski definition) is 3. The zero-order valence-corrected chi connectivity index (χ0v) is 18.6. The van der Waals surface area contributed by atoms with Crippen molar-refractivity contribution in [2.45, 2.75) is 50.4 Å². The molecular weight excluding hydrogens is 386 g/mol. The molecule has 164 valence electrons. The number of hydrogen-bond donors (Lipinski definition) is 1. The number of ether oxygens (including phenoxy) is 1. The highest BCUT2D eigenvalue weighted by molar-refractivity contribution is 5.75. The number of piperidine rings is 2. The minimum absolute atomic E-state index is 0.0135. The quantitative estimate of drug-likeness (QED) is 0.755. The second-order valence-corrected chi connectivity index (χ2v) is 9.39. The predicted molar refractivity (Wildman–Crippen MR) is 122 cm³/mol. The molecule has 4 atom stereocenters. The smallest absolute Gasteiger partial charge is 0.320 e. The van der Waals surface area contributed by atoms with Crippen molar-refractivity contribution in [3.8, 4) is 0 Å². The molecule has 0 aliphatic carbocycles. The van der Waals surface area contributed by atoms with Crippen LogP contribution in [0.4, 0.5) is 4.79 Å². The average molecular weight is 420 g/mol. The van der Waals surface area contributed by atoms with Crippen molar-refractivity contribution in [1.29, 1.82) is 0 Å². The van der Waals surface area contributed by atoms with Crippen LogP contribution in [0.3, 0.4) is 0 Å². The lowest BCUT2D eigenvalue weighted by Gasteiger charge is -2.52. The van der Waals surface area contributed by atoms with Crippen molar-refractivity contribution in [2.24, 2.45) is 5.92 Å². The third-order valence-corrected chi connectivity index (χ3v) is 7.71. The van der Waals surface area contributed by atoms with E-state index in [0.717, 1.165) is 44.5 Å². The van der Waals surface area contributed by atoms with E-state index in [9.17, 15) is 4.79 Å². The van der Waals surface area contributed by atoms with E-state index in [2.05, 4.69) is 39.4 Å². The average Bonchev–Trinajstić information content (AvgIpc) is 2.82. The lowest BCUT2D eigenvalue weighted by molar-refractivity contribution is -0.0332. The van der Waals surface area contributed by atoms with E-state index in [1.54, 1.807) is 7.11 Å². The molecule has 2 amide bonds. The summed E-state index contributed by atoms with van der Waals surface area (Å²) in [6.07, 6.45) is 4.43. The molecule has 0 radical (unpaired) electrons. The lowest BCUT2D eigenvalue weighted by atomic mass is 9.77. The minimum Gasteiger partial charge on any atom is -0.355 e. The van der Waals surface area contributed by atoms with Crippen molar-refractivity contribution in [3.63, 3.8) is 0 Å². The van der Waals surface area contributed by atoms with Gasteiger partial charge in [0, 0.05) is 44.4 Å². The van der Waals surface area contributed by atoms with Gasteiger partial charge >= 0.3 is 6.03 Å². The summed E-state index contributed by atoms with van der Waals surface area (Å²) in [5.74, 6) is 0.548. The van der Waals surface area contributed by atoms with E-state index in [1.807, 2.05) is 37.3 Å². The summed E-state index contributed by atoms with van der Waals surface area (Å²) in [6, 6.07) is 19.5. The molecule has 0 aromatic heterocycles. The number of carbonyl (C=O) groups is 1. The largest absolute Gasteiger partial charge is 0.355 e. The van der Waals surface area contributed by atoms with Crippen molar-refractivity contribution in [2.75, 3.05) is 26.7 Å². The number of nitrogens with one attached hydrogen (secondary N) is 1. The first-order chi connectivity index (χ1) is 15.1. The highest BCUT2D eigenvalue weighted by Gasteiger charge is 2.44. The third-order valence-electron chi connectivity index (χ3n) is 7.71. The Morgan fingerprint density at radius 2 is 1.87 bits per heavy atom. The van der Waals surface area contributed by atoms with E-state index >= 15 is 0 Å². The van der Waals surface area contributed by atoms with Crippen LogP contribution >= 0.6 is 0 Å². The molecule has 2 fully saturated rings. The fraction of sp³-hybridized carbons (Fsp3) is 0.500. The third kappa shape index (κ3) is 3.74. The van der Waals surface area contributed by atoms with Crippen LogP contribution in [0.5, 0.6) is 0 Å². The highest BCUT2D eigenvalue weighted by atomic mass is 16.5. The van der Waals surface area contributed by atoms with Crippen molar-refractivity contribution >= 4 is 6.03 Å². The second-order valence-electron chi connectivity index (χ2n) is 9.39. The molecule has 3 aliphatic heterocycles. The Labute approximate surface area is 185 Å². The van der Waals surface area contributed by atoms with Gasteiger partial charge in [0.1, 0.15) is 0 Å². The summed E-state index contributed by atoms with van der Waals surface area (Å²) in [7, 11) is 1.66. The molecule has 0 bridgehead atoms. The highest BCUT2D eigenvalue weighted by Crippen LogP contribution is 2.43. The van der Waals surface area contributed by atoms with E-state index in [-0.39, 0.29) is 12.1 Å². The standard InChI is InChI=1S/C26H33N3O2/c1-26(31-2,21-11-4-3-5-12-21)27-25(30)29-15-8-10-20-18-28-16-14-19-9-6-7-13-22(19)24(28)17-23(20)29/h3-7,9,11-13,20,23-24H,8,10,14-18H2,1-2H3,(H,27,30)/t20-,23+,24+,26+/m0/s1. The zero-order chi connectivity index (χ0) is 21.4. The summed E-state index contributed by atoms with van der Waals surface area (Å²) >= 11 is 0. The monoisotopic (exact) mass is 419 g/mol. The van der Waals surface area contributed by atoms with Gasteiger partial charge in [-0.1, -0.05) is 54.6 Å². The van der Waals surface area contributed by atoms with Gasteiger partial charge in [-0.3, -0.25) is 4.90 Å². The Bertz CT molecular complexity index is 933. The van der Waals surface area contributed by atoms with Gasteiger partial charge in [0.25, 0.3) is 0 Å². The van der Waals surface area contributed by atoms with E-state index in [0.29, 0.717) is 12.0 Å². The number of amides is 2. The Morgan fingerprint density at radius 3 is 2.68 bits per heavy atom. The molecular formula is C26H33N3O2. The van der Waals surface area contributed by atoms with E-state index in [1.165, 1.54) is 17.5 Å². The fourth-order valence-corrected chi connectivity index (χ4v) is 5.92. The van der Waals surface area contributed by atoms with Crippen LogP contribution in [0.15, 0.2) is 54.6 Å². The molecule has 3 heterocycles. The Morgan fingerprint density at radius 1 is 1.10 bits per heavy atom. The molecule has 0 saturated carbocycles. The van der Waals surface area contributed by atoms with Crippen LogP contribution in [0.25, 0.3) is 0 Å². The summed E-state index contributed by atoms with van der Waals surface area (Å²) < 4.78 is 5.79. The summed E-state index contributed by atoms with van der Waals surface area (Å²) in [6.45, 7) is 4.97. The molecule has 2 saturated heterocycles. The maximum atomic E-state index is 13.5. The van der Waals surface area contributed by atoms with E-state index < -0.39 is 5.72 Å². The summed E-state index contributed by atoms with van der Waals surface area (Å²) in [5.41, 5.74) is 3.05. The van der Waals surface area contributed by atoms with Gasteiger partial charge in [0.05, 0.1) is 0 Å². The van der Waals surface area contributed by atoms with Crippen molar-refractivity contribution in [3.05, 3.63) is 71.3 Å². The van der Waals surface area contributed by atoms with Gasteiger partial charge in [-0.2, -0.15) is 0 Å². The second kappa shape index (κ2) is 8.29. The molecule has 31 heavy (non-hydrogen) atoms. The summed E-state index contributed by atoms with van der Waals surface area (Å²) in [5, 5.41) is 3.20. The number of rotatable bonds is 3. The van der Waals surface area contributed by atoms with Crippen LogP contribution in [-0.2, 0) is 16.9 Å². The van der Waals surface area contributed by atoms with Crippen molar-refractivity contribution in [1.82, 2.24) is 15.1 Å². The number of urea groups is 1. The first kappa shape index (κ1) is 20.5. The van der Waals surface area contributed by atoms with Gasteiger partial charge in [0.15, 0.2) is 5.72 Å². The Hall–Kier alpha value is -2.37. The molecule has 5 heteroatoms. The topological polar surface area (TPSA) is 44.8 Å². The fourth-order valence-electron chi connectivity index (χ4n) is 5.92. The van der Waals surface area contributed by atoms with Gasteiger partial charge in [-0.05, 0) is 49.7 Å². The summed E-state index contributed by atoms with van der Waals surface area (Å²) in [4.78, 5) is 18.3. The van der Waals surface area contributed by atoms with Crippen LogP contribution in [0.1, 0.15) is 48.9 Å². The number of methoxy groups -OCH3 is 1. The molecule has 2 aromatic carbocycles. The normalized spacial score (nSPS) is 27.4. The zero-order valence-electron chi connectivity index (χ0n) is 18.6. The lowest BCUT2D eigenvalue weighted by Crippen LogP contribution is -2.61. The SMILES string of the molecule is CO[C@@](C)(NC(=O)N1CCC[C@H]2CN3CCc4ccccc4[C@H]3C[C@H]21)c1ccccc1.